The van der Waals surface area contributed by atoms with Crippen molar-refractivity contribution in [2.45, 2.75) is 46.1 Å². The molecule has 5 nitrogen and oxygen atoms in total. The monoisotopic (exact) mass is 473 g/mol. The van der Waals surface area contributed by atoms with E-state index in [0.717, 1.165) is 10.0 Å². The predicted octanol–water partition coefficient (Wildman–Crippen LogP) is 4.93. The summed E-state index contributed by atoms with van der Waals surface area (Å²) in [4.78, 5) is 37.4. The van der Waals surface area contributed by atoms with Crippen molar-refractivity contribution in [3.8, 4) is 0 Å². The van der Waals surface area contributed by atoms with Gasteiger partial charge in [-0.15, -0.1) is 0 Å². The van der Waals surface area contributed by atoms with Gasteiger partial charge in [0.05, 0.1) is 0 Å². The molecule has 0 radical (unpaired) electrons. The molecule has 30 heavy (non-hydrogen) atoms. The van der Waals surface area contributed by atoms with Crippen LogP contribution in [0.5, 0.6) is 0 Å². The van der Waals surface area contributed by atoms with Crippen LogP contribution in [0.1, 0.15) is 60.9 Å². The first-order valence-electron chi connectivity index (χ1n) is 9.86. The lowest BCUT2D eigenvalue weighted by atomic mass is 9.86. The Balaban J connectivity index is 2.00. The summed E-state index contributed by atoms with van der Waals surface area (Å²) in [5, 5.41) is 2.73. The Labute approximate surface area is 186 Å². The minimum Gasteiger partial charge on any atom is -0.456 e. The van der Waals surface area contributed by atoms with Crippen molar-refractivity contribution < 1.29 is 19.1 Å². The van der Waals surface area contributed by atoms with Crippen LogP contribution in [0.25, 0.3) is 0 Å². The molecule has 6 heteroatoms. The zero-order valence-electron chi connectivity index (χ0n) is 18.0. The lowest BCUT2D eigenvalue weighted by Crippen LogP contribution is -2.45. The van der Waals surface area contributed by atoms with Crippen molar-refractivity contribution in [3.05, 3.63) is 69.7 Å². The molecule has 1 N–H and O–H groups in total. The third-order valence-electron chi connectivity index (χ3n) is 4.73. The van der Waals surface area contributed by atoms with E-state index in [9.17, 15) is 14.4 Å². The molecule has 0 aromatic heterocycles. The van der Waals surface area contributed by atoms with Crippen LogP contribution >= 0.6 is 15.9 Å². The summed E-state index contributed by atoms with van der Waals surface area (Å²) in [7, 11) is 0. The van der Waals surface area contributed by atoms with Gasteiger partial charge >= 0.3 is 5.97 Å². The van der Waals surface area contributed by atoms with E-state index in [2.05, 4.69) is 42.0 Å². The number of amides is 1. The maximum Gasteiger partial charge on any atom is 0.329 e. The first-order valence-corrected chi connectivity index (χ1v) is 10.6. The average molecular weight is 474 g/mol. The number of carbonyl (C=O) groups excluding carboxylic acids is 3. The number of rotatable bonds is 7. The van der Waals surface area contributed by atoms with E-state index in [0.29, 0.717) is 11.1 Å². The van der Waals surface area contributed by atoms with E-state index in [1.807, 2.05) is 26.0 Å². The van der Waals surface area contributed by atoms with Gasteiger partial charge in [0, 0.05) is 15.6 Å². The smallest absolute Gasteiger partial charge is 0.329 e. The maximum atomic E-state index is 12.6. The Morgan fingerprint density at radius 3 is 1.97 bits per heavy atom. The molecule has 0 saturated heterocycles. The highest BCUT2D eigenvalue weighted by Gasteiger charge is 2.27. The van der Waals surface area contributed by atoms with Gasteiger partial charge in [0.25, 0.3) is 5.91 Å². The molecule has 2 aromatic carbocycles. The molecule has 1 amide bonds. The van der Waals surface area contributed by atoms with Crippen LogP contribution in [0.3, 0.4) is 0 Å². The third kappa shape index (κ3) is 6.52. The van der Waals surface area contributed by atoms with Crippen LogP contribution < -0.4 is 5.32 Å². The largest absolute Gasteiger partial charge is 0.456 e. The van der Waals surface area contributed by atoms with Crippen LogP contribution in [0, 0.1) is 5.92 Å². The van der Waals surface area contributed by atoms with Gasteiger partial charge in [0.15, 0.2) is 12.4 Å². The Bertz CT molecular complexity index is 896. The molecule has 0 fully saturated rings. The van der Waals surface area contributed by atoms with Gasteiger partial charge in [0.2, 0.25) is 0 Å². The quantitative estimate of drug-likeness (QED) is 0.457. The fraction of sp³-hybridized carbons (Fsp3) is 0.375. The minimum absolute atomic E-state index is 0.0132. The standard InChI is InChI=1S/C24H28BrNO4/c1-15(2)21(23(29)30-14-20(27)16-8-12-19(25)13-9-16)26-22(28)17-6-10-18(11-7-17)24(3,4)5/h6-13,15,21H,14H2,1-5H3,(H,26,28). The van der Waals surface area contributed by atoms with Gasteiger partial charge in [-0.25, -0.2) is 4.79 Å². The number of ether oxygens (including phenoxy) is 1. The van der Waals surface area contributed by atoms with Crippen LogP contribution in [-0.4, -0.2) is 30.3 Å². The molecule has 0 aliphatic carbocycles. The Morgan fingerprint density at radius 1 is 0.933 bits per heavy atom. The lowest BCUT2D eigenvalue weighted by Gasteiger charge is -2.22. The van der Waals surface area contributed by atoms with Crippen LogP contribution in [0.4, 0.5) is 0 Å². The summed E-state index contributed by atoms with van der Waals surface area (Å²) in [5.41, 5.74) is 2.02. The topological polar surface area (TPSA) is 72.5 Å². The van der Waals surface area contributed by atoms with Gasteiger partial charge in [-0.2, -0.15) is 0 Å². The average Bonchev–Trinajstić information content (AvgIpc) is 2.69. The van der Waals surface area contributed by atoms with Gasteiger partial charge < -0.3 is 10.1 Å². The van der Waals surface area contributed by atoms with Crippen molar-refractivity contribution in [3.63, 3.8) is 0 Å². The number of hydrogen-bond acceptors (Lipinski definition) is 4. The first-order chi connectivity index (χ1) is 14.0. The Kier molecular flexibility index (Phi) is 7.96. The number of Topliss-reactive ketones (excluding diaryl/α,β-unsaturated/α-hetero) is 1. The molecule has 160 valence electrons. The van der Waals surface area contributed by atoms with Crippen molar-refractivity contribution in [1.82, 2.24) is 5.32 Å². The second-order valence-electron chi connectivity index (χ2n) is 8.56. The third-order valence-corrected chi connectivity index (χ3v) is 5.26. The van der Waals surface area contributed by atoms with Crippen LogP contribution in [0.2, 0.25) is 0 Å². The molecule has 1 atom stereocenters. The number of ketones is 1. The number of halogens is 1. The predicted molar refractivity (Wildman–Crippen MR) is 121 cm³/mol. The summed E-state index contributed by atoms with van der Waals surface area (Å²) in [6.45, 7) is 9.55. The van der Waals surface area contributed by atoms with Crippen molar-refractivity contribution in [1.29, 1.82) is 0 Å². The van der Waals surface area contributed by atoms with Gasteiger partial charge in [0.1, 0.15) is 6.04 Å². The number of benzene rings is 2. The highest BCUT2D eigenvalue weighted by molar-refractivity contribution is 9.10. The highest BCUT2D eigenvalue weighted by atomic mass is 79.9. The number of hydrogen-bond donors (Lipinski definition) is 1. The molecule has 0 aliphatic heterocycles. The summed E-state index contributed by atoms with van der Waals surface area (Å²) in [5.74, 6) is -1.49. The van der Waals surface area contributed by atoms with Crippen molar-refractivity contribution >= 4 is 33.6 Å². The Hall–Kier alpha value is -2.47. The molecule has 0 aliphatic rings. The molecule has 0 saturated carbocycles. The molecule has 0 heterocycles. The van der Waals surface area contributed by atoms with E-state index in [4.69, 9.17) is 4.74 Å². The normalized spacial score (nSPS) is 12.4. The zero-order chi connectivity index (χ0) is 22.5. The second kappa shape index (κ2) is 10.0. The van der Waals surface area contributed by atoms with Gasteiger partial charge in [-0.3, -0.25) is 9.59 Å². The van der Waals surface area contributed by atoms with Gasteiger partial charge in [-0.1, -0.05) is 74.8 Å². The Morgan fingerprint density at radius 2 is 1.47 bits per heavy atom. The van der Waals surface area contributed by atoms with E-state index >= 15 is 0 Å². The van der Waals surface area contributed by atoms with Crippen LogP contribution in [0.15, 0.2) is 53.0 Å². The summed E-state index contributed by atoms with van der Waals surface area (Å²) >= 11 is 3.31. The van der Waals surface area contributed by atoms with E-state index < -0.39 is 12.0 Å². The molecule has 0 bridgehead atoms. The molecular weight excluding hydrogens is 446 g/mol. The second-order valence-corrected chi connectivity index (χ2v) is 9.48. The minimum atomic E-state index is -0.850. The molecule has 2 rings (SSSR count). The molecule has 0 spiro atoms. The summed E-state index contributed by atoms with van der Waals surface area (Å²) in [6, 6.07) is 13.3. The van der Waals surface area contributed by atoms with E-state index in [-0.39, 0.29) is 29.6 Å². The SMILES string of the molecule is CC(C)C(NC(=O)c1ccc(C(C)(C)C)cc1)C(=O)OCC(=O)c1ccc(Br)cc1. The number of esters is 1. The van der Waals surface area contributed by atoms with E-state index in [1.165, 1.54) is 0 Å². The number of carbonyl (C=O) groups is 3. The highest BCUT2D eigenvalue weighted by Crippen LogP contribution is 2.22. The van der Waals surface area contributed by atoms with E-state index in [1.54, 1.807) is 36.4 Å². The first kappa shape index (κ1) is 23.8. The fourth-order valence-electron chi connectivity index (χ4n) is 2.79. The zero-order valence-corrected chi connectivity index (χ0v) is 19.6. The maximum absolute atomic E-state index is 12.6. The number of nitrogens with one attached hydrogen (secondary N) is 1. The molecule has 1 unspecified atom stereocenters. The molecule has 2 aromatic rings. The fourth-order valence-corrected chi connectivity index (χ4v) is 3.05. The molecular formula is C24H28BrNO4. The van der Waals surface area contributed by atoms with Crippen molar-refractivity contribution in [2.24, 2.45) is 5.92 Å². The van der Waals surface area contributed by atoms with Crippen molar-refractivity contribution in [2.75, 3.05) is 6.61 Å². The van der Waals surface area contributed by atoms with Crippen LogP contribution in [-0.2, 0) is 14.9 Å². The summed E-state index contributed by atoms with van der Waals surface area (Å²) in [6.07, 6.45) is 0. The van der Waals surface area contributed by atoms with Gasteiger partial charge in [-0.05, 0) is 41.2 Å². The lowest BCUT2D eigenvalue weighted by molar-refractivity contribution is -0.145. The summed E-state index contributed by atoms with van der Waals surface area (Å²) < 4.78 is 6.05.